The molecule has 0 radical (unpaired) electrons. The van der Waals surface area contributed by atoms with Crippen molar-refractivity contribution in [3.8, 4) is 0 Å². The number of esters is 1. The molecule has 1 aromatic rings. The van der Waals surface area contributed by atoms with Crippen LogP contribution in [0.1, 0.15) is 12.1 Å². The van der Waals surface area contributed by atoms with E-state index in [4.69, 9.17) is 0 Å². The van der Waals surface area contributed by atoms with E-state index in [1.807, 2.05) is 18.2 Å². The molecule has 1 aliphatic heterocycles. The average molecular weight is 256 g/mol. The molecular weight excluding hydrogens is 242 g/mol. The second-order valence-electron chi connectivity index (χ2n) is 4.21. The quantitative estimate of drug-likeness (QED) is 0.634. The molecule has 1 fully saturated rings. The summed E-state index contributed by atoms with van der Waals surface area (Å²) in [6.45, 7) is 0.852. The standard InChI is InChI=1S/C12H14F2N2O2/c13-12(14)7-10(18-11(12)17)8-15-6-4-9-3-1-2-5-16-9/h1-3,5,10,15H,4,6-8H2. The maximum atomic E-state index is 12.8. The summed E-state index contributed by atoms with van der Waals surface area (Å²) in [5.74, 6) is -4.74. The van der Waals surface area contributed by atoms with E-state index in [1.54, 1.807) is 6.20 Å². The first-order chi connectivity index (χ1) is 8.58. The van der Waals surface area contributed by atoms with Crippen molar-refractivity contribution in [2.75, 3.05) is 13.1 Å². The number of halogens is 2. The van der Waals surface area contributed by atoms with E-state index in [2.05, 4.69) is 15.0 Å². The maximum Gasteiger partial charge on any atom is 0.377 e. The van der Waals surface area contributed by atoms with Crippen LogP contribution in [0.4, 0.5) is 8.78 Å². The van der Waals surface area contributed by atoms with Gasteiger partial charge >= 0.3 is 11.9 Å². The summed E-state index contributed by atoms with van der Waals surface area (Å²) in [7, 11) is 0. The summed E-state index contributed by atoms with van der Waals surface area (Å²) >= 11 is 0. The Bertz CT molecular complexity index is 412. The maximum absolute atomic E-state index is 12.8. The van der Waals surface area contributed by atoms with Crippen LogP contribution in [0.25, 0.3) is 0 Å². The summed E-state index contributed by atoms with van der Waals surface area (Å²) < 4.78 is 30.3. The Hall–Kier alpha value is -1.56. The molecule has 4 nitrogen and oxygen atoms in total. The van der Waals surface area contributed by atoms with Gasteiger partial charge in [-0.05, 0) is 12.1 Å². The van der Waals surface area contributed by atoms with E-state index in [1.165, 1.54) is 0 Å². The van der Waals surface area contributed by atoms with Gasteiger partial charge < -0.3 is 10.1 Å². The van der Waals surface area contributed by atoms with Crippen LogP contribution < -0.4 is 5.32 Å². The van der Waals surface area contributed by atoms with Crippen molar-refractivity contribution in [2.45, 2.75) is 24.9 Å². The molecule has 2 heterocycles. The Balaban J connectivity index is 1.67. The zero-order valence-electron chi connectivity index (χ0n) is 9.73. The number of cyclic esters (lactones) is 1. The minimum atomic E-state index is -3.33. The molecule has 0 aliphatic carbocycles. The predicted molar refractivity (Wildman–Crippen MR) is 60.3 cm³/mol. The smallest absolute Gasteiger partial charge is 0.377 e. The highest BCUT2D eigenvalue weighted by molar-refractivity contribution is 5.79. The molecule has 1 aliphatic rings. The summed E-state index contributed by atoms with van der Waals surface area (Å²) in [5.41, 5.74) is 0.929. The number of carbonyl (C=O) groups is 1. The van der Waals surface area contributed by atoms with Crippen molar-refractivity contribution in [1.29, 1.82) is 0 Å². The second-order valence-corrected chi connectivity index (χ2v) is 4.21. The van der Waals surface area contributed by atoms with Crippen molar-refractivity contribution < 1.29 is 18.3 Å². The van der Waals surface area contributed by atoms with Crippen LogP contribution in [-0.2, 0) is 16.0 Å². The molecule has 0 aromatic carbocycles. The summed E-state index contributed by atoms with van der Waals surface area (Å²) in [5, 5.41) is 2.98. The van der Waals surface area contributed by atoms with E-state index in [9.17, 15) is 13.6 Å². The molecule has 0 bridgehead atoms. The molecule has 1 aromatic heterocycles. The molecule has 1 unspecified atom stereocenters. The molecule has 2 rings (SSSR count). The number of hydrogen-bond acceptors (Lipinski definition) is 4. The van der Waals surface area contributed by atoms with Crippen LogP contribution in [-0.4, -0.2) is 36.1 Å². The van der Waals surface area contributed by atoms with E-state index in [0.717, 1.165) is 5.69 Å². The Morgan fingerprint density at radius 2 is 2.33 bits per heavy atom. The molecule has 0 saturated carbocycles. The normalized spacial score (nSPS) is 21.9. The first-order valence-electron chi connectivity index (χ1n) is 5.77. The van der Waals surface area contributed by atoms with Gasteiger partial charge in [-0.3, -0.25) is 4.98 Å². The molecule has 0 spiro atoms. The van der Waals surface area contributed by atoms with Crippen molar-refractivity contribution in [1.82, 2.24) is 10.3 Å². The van der Waals surface area contributed by atoms with Crippen LogP contribution in [0, 0.1) is 0 Å². The number of alkyl halides is 2. The number of pyridine rings is 1. The molecule has 98 valence electrons. The Labute approximate surface area is 103 Å². The Morgan fingerprint density at radius 3 is 2.94 bits per heavy atom. The fraction of sp³-hybridized carbons (Fsp3) is 0.500. The summed E-state index contributed by atoms with van der Waals surface area (Å²) in [6.07, 6.45) is 1.13. The predicted octanol–water partition coefficient (Wildman–Crippen LogP) is 1.16. The van der Waals surface area contributed by atoms with Crippen molar-refractivity contribution in [2.24, 2.45) is 0 Å². The van der Waals surface area contributed by atoms with Crippen molar-refractivity contribution in [3.63, 3.8) is 0 Å². The van der Waals surface area contributed by atoms with E-state index < -0.39 is 24.4 Å². The number of hydrogen-bond donors (Lipinski definition) is 1. The van der Waals surface area contributed by atoms with Crippen molar-refractivity contribution in [3.05, 3.63) is 30.1 Å². The van der Waals surface area contributed by atoms with Crippen molar-refractivity contribution >= 4 is 5.97 Å². The molecule has 0 amide bonds. The molecule has 1 N–H and O–H groups in total. The first kappa shape index (κ1) is 12.9. The third-order valence-electron chi connectivity index (χ3n) is 2.71. The number of aromatic nitrogens is 1. The lowest BCUT2D eigenvalue weighted by Gasteiger charge is -2.09. The lowest BCUT2D eigenvalue weighted by molar-refractivity contribution is -0.158. The molecular formula is C12H14F2N2O2. The van der Waals surface area contributed by atoms with Gasteiger partial charge in [0.2, 0.25) is 0 Å². The number of nitrogens with one attached hydrogen (secondary N) is 1. The van der Waals surface area contributed by atoms with Crippen LogP contribution >= 0.6 is 0 Å². The van der Waals surface area contributed by atoms with Crippen LogP contribution in [0.15, 0.2) is 24.4 Å². The zero-order chi connectivity index (χ0) is 13.0. The monoisotopic (exact) mass is 256 g/mol. The molecule has 1 saturated heterocycles. The highest BCUT2D eigenvalue weighted by atomic mass is 19.3. The minimum absolute atomic E-state index is 0.244. The van der Waals surface area contributed by atoms with Gasteiger partial charge in [0.25, 0.3) is 0 Å². The molecule has 6 heteroatoms. The van der Waals surface area contributed by atoms with Crippen LogP contribution in [0.5, 0.6) is 0 Å². The summed E-state index contributed by atoms with van der Waals surface area (Å²) in [4.78, 5) is 14.9. The van der Waals surface area contributed by atoms with Gasteiger partial charge in [0.1, 0.15) is 6.10 Å². The topological polar surface area (TPSA) is 51.2 Å². The number of rotatable bonds is 5. The zero-order valence-corrected chi connectivity index (χ0v) is 9.73. The molecule has 18 heavy (non-hydrogen) atoms. The molecule has 1 atom stereocenters. The Kier molecular flexibility index (Phi) is 3.86. The number of carbonyl (C=O) groups excluding carboxylic acids is 1. The summed E-state index contributed by atoms with van der Waals surface area (Å²) in [6, 6.07) is 5.62. The lowest BCUT2D eigenvalue weighted by Crippen LogP contribution is -2.28. The van der Waals surface area contributed by atoms with E-state index >= 15 is 0 Å². The number of ether oxygens (including phenoxy) is 1. The van der Waals surface area contributed by atoms with Gasteiger partial charge in [0.05, 0.1) is 6.42 Å². The third kappa shape index (κ3) is 3.22. The van der Waals surface area contributed by atoms with Gasteiger partial charge in [-0.2, -0.15) is 8.78 Å². The fourth-order valence-electron chi connectivity index (χ4n) is 1.79. The number of nitrogens with zero attached hydrogens (tertiary/aromatic N) is 1. The van der Waals surface area contributed by atoms with Crippen LogP contribution in [0.2, 0.25) is 0 Å². The van der Waals surface area contributed by atoms with Gasteiger partial charge in [-0.15, -0.1) is 0 Å². The van der Waals surface area contributed by atoms with Gasteiger partial charge in [-0.1, -0.05) is 6.07 Å². The largest absolute Gasteiger partial charge is 0.456 e. The average Bonchev–Trinajstić information content (AvgIpc) is 2.60. The minimum Gasteiger partial charge on any atom is -0.456 e. The second kappa shape index (κ2) is 5.39. The highest BCUT2D eigenvalue weighted by Crippen LogP contribution is 2.30. The lowest BCUT2D eigenvalue weighted by atomic mass is 10.2. The fourth-order valence-corrected chi connectivity index (χ4v) is 1.79. The third-order valence-corrected chi connectivity index (χ3v) is 2.71. The highest BCUT2D eigenvalue weighted by Gasteiger charge is 2.50. The SMILES string of the molecule is O=C1OC(CNCCc2ccccn2)CC1(F)F. The Morgan fingerprint density at radius 1 is 1.50 bits per heavy atom. The van der Waals surface area contributed by atoms with E-state index in [0.29, 0.717) is 13.0 Å². The van der Waals surface area contributed by atoms with Gasteiger partial charge in [0, 0.05) is 31.4 Å². The first-order valence-corrected chi connectivity index (χ1v) is 5.77. The van der Waals surface area contributed by atoms with Gasteiger partial charge in [0.15, 0.2) is 0 Å². The van der Waals surface area contributed by atoms with Gasteiger partial charge in [-0.25, -0.2) is 4.79 Å². The van der Waals surface area contributed by atoms with Crippen LogP contribution in [0.3, 0.4) is 0 Å². The van der Waals surface area contributed by atoms with E-state index in [-0.39, 0.29) is 6.54 Å².